The number of aliphatic hydroxyl groups excluding tert-OH is 1. The fourth-order valence-electron chi connectivity index (χ4n) is 3.22. The Balaban J connectivity index is 1.57. The maximum absolute atomic E-state index is 10.8. The zero-order valence-electron chi connectivity index (χ0n) is 16.0. The van der Waals surface area contributed by atoms with E-state index in [9.17, 15) is 5.11 Å². The van der Waals surface area contributed by atoms with Gasteiger partial charge in [-0.05, 0) is 30.3 Å². The van der Waals surface area contributed by atoms with Crippen LogP contribution in [0.4, 0.5) is 0 Å². The Morgan fingerprint density at radius 2 is 1.96 bits per heavy atom. The molecule has 0 amide bonds. The Kier molecular flexibility index (Phi) is 4.91. The fourth-order valence-corrected chi connectivity index (χ4v) is 5.87. The van der Waals surface area contributed by atoms with Crippen LogP contribution in [-0.4, -0.2) is 47.0 Å². The van der Waals surface area contributed by atoms with E-state index in [2.05, 4.69) is 38.8 Å². The minimum Gasteiger partial charge on any atom is -0.414 e. The average Bonchev–Trinajstić information content (AvgIpc) is 3.15. The summed E-state index contributed by atoms with van der Waals surface area (Å²) in [5, 5.41) is 12.6. The topological polar surface area (TPSA) is 56.5 Å². The van der Waals surface area contributed by atoms with Gasteiger partial charge < -0.3 is 14.3 Å². The third-order valence-corrected chi connectivity index (χ3v) is 12.4. The molecule has 4 atom stereocenters. The molecule has 0 aliphatic carbocycles. The summed E-state index contributed by atoms with van der Waals surface area (Å²) in [6.07, 6.45) is -1.24. The lowest BCUT2D eigenvalue weighted by Gasteiger charge is -2.37. The number of fused-ring (bicyclic) bond motifs is 5. The Labute approximate surface area is 174 Å². The summed E-state index contributed by atoms with van der Waals surface area (Å²) in [7, 11) is -1.90. The lowest BCUT2D eigenvalue weighted by Crippen LogP contribution is -2.44. The van der Waals surface area contributed by atoms with Crippen molar-refractivity contribution in [2.24, 2.45) is 0 Å². The highest BCUT2D eigenvalue weighted by atomic mass is 35.5. The summed E-state index contributed by atoms with van der Waals surface area (Å²) in [6, 6.07) is 3.58. The van der Waals surface area contributed by atoms with Crippen LogP contribution in [0.5, 0.6) is 0 Å². The summed E-state index contributed by atoms with van der Waals surface area (Å²) in [5.74, 6) is 0. The van der Waals surface area contributed by atoms with E-state index in [4.69, 9.17) is 32.4 Å². The van der Waals surface area contributed by atoms with E-state index in [1.807, 2.05) is 10.6 Å². The molecule has 1 fully saturated rings. The third-order valence-electron chi connectivity index (χ3n) is 5.92. The van der Waals surface area contributed by atoms with Crippen molar-refractivity contribution in [3.63, 3.8) is 0 Å². The third kappa shape index (κ3) is 3.25. The van der Waals surface area contributed by atoms with Crippen LogP contribution in [0.3, 0.4) is 0 Å². The molecule has 2 aliphatic rings. The molecule has 27 heavy (non-hydrogen) atoms. The summed E-state index contributed by atoms with van der Waals surface area (Å²) in [5.41, 5.74) is 1.65. The number of thioether (sulfide) groups is 1. The van der Waals surface area contributed by atoms with Crippen molar-refractivity contribution >= 4 is 54.3 Å². The van der Waals surface area contributed by atoms with E-state index >= 15 is 0 Å². The van der Waals surface area contributed by atoms with Crippen LogP contribution in [0.1, 0.15) is 27.0 Å². The van der Waals surface area contributed by atoms with Gasteiger partial charge in [-0.1, -0.05) is 55.7 Å². The number of imidazole rings is 1. The van der Waals surface area contributed by atoms with Crippen molar-refractivity contribution < 1.29 is 14.3 Å². The van der Waals surface area contributed by atoms with Gasteiger partial charge in [-0.3, -0.25) is 4.57 Å². The van der Waals surface area contributed by atoms with Crippen LogP contribution in [0.25, 0.3) is 11.0 Å². The van der Waals surface area contributed by atoms with Gasteiger partial charge in [-0.25, -0.2) is 4.98 Å². The van der Waals surface area contributed by atoms with Crippen molar-refractivity contribution in [3.05, 3.63) is 22.2 Å². The van der Waals surface area contributed by atoms with Gasteiger partial charge in [-0.15, -0.1) is 0 Å². The van der Waals surface area contributed by atoms with Gasteiger partial charge in [0.05, 0.1) is 39.0 Å². The molecule has 148 valence electrons. The maximum atomic E-state index is 10.8. The van der Waals surface area contributed by atoms with Gasteiger partial charge in [-0.2, -0.15) is 0 Å². The molecule has 0 radical (unpaired) electrons. The van der Waals surface area contributed by atoms with E-state index < -0.39 is 14.4 Å². The summed E-state index contributed by atoms with van der Waals surface area (Å²) in [4.78, 5) is 4.62. The van der Waals surface area contributed by atoms with Gasteiger partial charge in [0, 0.05) is 0 Å². The second-order valence-electron chi connectivity index (χ2n) is 8.73. The minimum absolute atomic E-state index is 0.0978. The Morgan fingerprint density at radius 3 is 2.63 bits per heavy atom. The summed E-state index contributed by atoms with van der Waals surface area (Å²) < 4.78 is 14.5. The zero-order valence-corrected chi connectivity index (χ0v) is 19.3. The van der Waals surface area contributed by atoms with Crippen LogP contribution in [0, 0.1) is 0 Å². The highest BCUT2D eigenvalue weighted by molar-refractivity contribution is 8.00. The monoisotopic (exact) mass is 446 g/mol. The molecule has 0 unspecified atom stereocenters. The molecule has 2 aliphatic heterocycles. The van der Waals surface area contributed by atoms with Crippen LogP contribution in [0.2, 0.25) is 28.2 Å². The molecular weight excluding hydrogens is 423 g/mol. The highest BCUT2D eigenvalue weighted by Gasteiger charge is 2.51. The predicted molar refractivity (Wildman–Crippen MR) is 112 cm³/mol. The van der Waals surface area contributed by atoms with Gasteiger partial charge in [0.15, 0.2) is 19.7 Å². The fraction of sp³-hybridized carbons (Fsp3) is 0.611. The second-order valence-corrected chi connectivity index (χ2v) is 15.5. The molecule has 9 heteroatoms. The molecule has 0 bridgehead atoms. The minimum atomic E-state index is -1.90. The molecule has 1 aromatic heterocycles. The smallest absolute Gasteiger partial charge is 0.192 e. The van der Waals surface area contributed by atoms with Crippen molar-refractivity contribution in [1.29, 1.82) is 0 Å². The van der Waals surface area contributed by atoms with Crippen molar-refractivity contribution in [2.75, 3.05) is 6.61 Å². The Bertz CT molecular complexity index is 899. The molecule has 3 heterocycles. The van der Waals surface area contributed by atoms with Gasteiger partial charge in [0.2, 0.25) is 0 Å². The van der Waals surface area contributed by atoms with Crippen LogP contribution >= 0.6 is 35.0 Å². The first kappa shape index (κ1) is 20.0. The van der Waals surface area contributed by atoms with E-state index in [-0.39, 0.29) is 22.6 Å². The number of aliphatic hydroxyl groups is 1. The molecular formula is C18H24Cl2N2O3SSi. The largest absolute Gasteiger partial charge is 0.414 e. The van der Waals surface area contributed by atoms with Gasteiger partial charge in [0.25, 0.3) is 0 Å². The van der Waals surface area contributed by atoms with Gasteiger partial charge in [0.1, 0.15) is 6.10 Å². The lowest BCUT2D eigenvalue weighted by atomic mass is 10.2. The first-order valence-corrected chi connectivity index (χ1v) is 13.5. The number of rotatable bonds is 3. The van der Waals surface area contributed by atoms with Crippen LogP contribution in [0.15, 0.2) is 17.3 Å². The summed E-state index contributed by atoms with van der Waals surface area (Å²) >= 11 is 13.9. The number of hydrogen-bond acceptors (Lipinski definition) is 5. The quantitative estimate of drug-likeness (QED) is 0.664. The predicted octanol–water partition coefficient (Wildman–Crippen LogP) is 5.10. The number of nitrogens with zero attached hydrogens (tertiary/aromatic N) is 2. The number of halogens is 2. The molecule has 4 rings (SSSR count). The Hall–Kier alpha value is -0.283. The van der Waals surface area contributed by atoms with E-state index in [0.29, 0.717) is 16.7 Å². The molecule has 1 N–H and O–H groups in total. The van der Waals surface area contributed by atoms with E-state index in [1.54, 1.807) is 17.8 Å². The standard InChI is InChI=1S/C18H24Cl2N2O3SSi/c1-18(2,3)27(4,5)24-8-13-14(23)15-16(25-13)22-12-7-10(20)9(19)6-11(12)21-17(22)26-15/h6-7,13-16,23H,8H2,1-5H3/t13-,14-,15+,16-/m1/s1. The SMILES string of the molecule is CC(C)(C)[Si](C)(C)OC[C@H]1O[C@@H]2[C@@H](Sc3nc4cc(Cl)c(Cl)cc4n32)[C@@H]1O. The number of ether oxygens (including phenoxy) is 1. The van der Waals surface area contributed by atoms with Crippen molar-refractivity contribution in [2.45, 2.75) is 67.7 Å². The van der Waals surface area contributed by atoms with Crippen molar-refractivity contribution in [3.8, 4) is 0 Å². The normalized spacial score (nSPS) is 28.0. The summed E-state index contributed by atoms with van der Waals surface area (Å²) in [6.45, 7) is 11.4. The molecule has 1 aromatic carbocycles. The number of benzene rings is 1. The Morgan fingerprint density at radius 1 is 1.30 bits per heavy atom. The van der Waals surface area contributed by atoms with Crippen LogP contribution in [-0.2, 0) is 9.16 Å². The second kappa shape index (κ2) is 6.62. The average molecular weight is 447 g/mol. The molecule has 0 spiro atoms. The number of aromatic nitrogens is 2. The maximum Gasteiger partial charge on any atom is 0.192 e. The van der Waals surface area contributed by atoms with E-state index in [0.717, 1.165) is 16.2 Å². The van der Waals surface area contributed by atoms with Crippen molar-refractivity contribution in [1.82, 2.24) is 9.55 Å². The lowest BCUT2D eigenvalue weighted by molar-refractivity contribution is -0.0420. The first-order chi connectivity index (χ1) is 12.5. The van der Waals surface area contributed by atoms with E-state index in [1.165, 1.54) is 0 Å². The molecule has 5 nitrogen and oxygen atoms in total. The van der Waals surface area contributed by atoms with Gasteiger partial charge >= 0.3 is 0 Å². The molecule has 2 aromatic rings. The van der Waals surface area contributed by atoms with Crippen LogP contribution < -0.4 is 0 Å². The zero-order chi connectivity index (χ0) is 19.7. The number of hydrogen-bond donors (Lipinski definition) is 1. The molecule has 0 saturated carbocycles. The first-order valence-electron chi connectivity index (χ1n) is 9.01. The molecule has 1 saturated heterocycles. The highest BCUT2D eigenvalue weighted by Crippen LogP contribution is 2.50.